The Morgan fingerprint density at radius 3 is 2.26 bits per heavy atom. The minimum atomic E-state index is -0.305. The van der Waals surface area contributed by atoms with Gasteiger partial charge in [-0.1, -0.05) is 49.4 Å². The van der Waals surface area contributed by atoms with Gasteiger partial charge in [0.25, 0.3) is 0 Å². The van der Waals surface area contributed by atoms with Crippen molar-refractivity contribution in [3.8, 4) is 11.5 Å². The van der Waals surface area contributed by atoms with Crippen molar-refractivity contribution < 1.29 is 19.1 Å². The van der Waals surface area contributed by atoms with E-state index >= 15 is 0 Å². The van der Waals surface area contributed by atoms with E-state index in [9.17, 15) is 9.59 Å². The van der Waals surface area contributed by atoms with Gasteiger partial charge in [0.15, 0.2) is 11.5 Å². The highest BCUT2D eigenvalue weighted by Crippen LogP contribution is 2.33. The molecule has 0 bridgehead atoms. The first kappa shape index (κ1) is 23.0. The lowest BCUT2D eigenvalue weighted by Crippen LogP contribution is -2.28. The number of ether oxygens (including phenoxy) is 2. The predicted octanol–water partition coefficient (Wildman–Crippen LogP) is 4.84. The summed E-state index contributed by atoms with van der Waals surface area (Å²) < 4.78 is 10.7. The number of rotatable bonds is 9. The quantitative estimate of drug-likeness (QED) is 0.368. The molecule has 174 valence electrons. The van der Waals surface area contributed by atoms with Gasteiger partial charge < -0.3 is 9.47 Å². The van der Waals surface area contributed by atoms with Gasteiger partial charge in [-0.2, -0.15) is 5.10 Å². The molecule has 0 fully saturated rings. The van der Waals surface area contributed by atoms with Gasteiger partial charge >= 0.3 is 0 Å². The highest BCUT2D eigenvalue weighted by Gasteiger charge is 2.19. The minimum Gasteiger partial charge on any atom is -0.454 e. The number of nitrogens with zero attached hydrogens (tertiary/aromatic N) is 2. The fourth-order valence-electron chi connectivity index (χ4n) is 3.71. The van der Waals surface area contributed by atoms with Crippen molar-refractivity contribution in [1.29, 1.82) is 0 Å². The zero-order chi connectivity index (χ0) is 23.8. The van der Waals surface area contributed by atoms with Crippen LogP contribution in [0.25, 0.3) is 0 Å². The van der Waals surface area contributed by atoms with Gasteiger partial charge in [-0.3, -0.25) is 14.5 Å². The summed E-state index contributed by atoms with van der Waals surface area (Å²) >= 11 is 0. The molecule has 0 saturated heterocycles. The molecular weight excluding hydrogens is 430 g/mol. The Labute approximate surface area is 199 Å². The van der Waals surface area contributed by atoms with E-state index in [1.165, 1.54) is 0 Å². The van der Waals surface area contributed by atoms with Crippen LogP contribution in [0.2, 0.25) is 0 Å². The van der Waals surface area contributed by atoms with Crippen molar-refractivity contribution in [3.63, 3.8) is 0 Å². The molecule has 1 unspecified atom stereocenters. The summed E-state index contributed by atoms with van der Waals surface area (Å²) in [6.07, 6.45) is 2.56. The van der Waals surface area contributed by atoms with Crippen LogP contribution in [0.5, 0.6) is 11.5 Å². The number of hydrazone groups is 1. The molecule has 1 heterocycles. The Hall–Kier alpha value is -4.13. The summed E-state index contributed by atoms with van der Waals surface area (Å²) in [6, 6.07) is 24.7. The SMILES string of the molecule is CC(C=NNC(=O)CCC(=O)N(c1ccccc1)c1ccccc1)Cc1ccc2c(c1)OCO2. The van der Waals surface area contributed by atoms with Gasteiger partial charge in [0.2, 0.25) is 18.6 Å². The molecular formula is C27H27N3O4. The van der Waals surface area contributed by atoms with E-state index in [1.54, 1.807) is 11.1 Å². The second-order valence-electron chi connectivity index (χ2n) is 8.08. The third kappa shape index (κ3) is 6.01. The summed E-state index contributed by atoms with van der Waals surface area (Å²) in [5.74, 6) is 1.15. The highest BCUT2D eigenvalue weighted by molar-refractivity contribution is 6.01. The average Bonchev–Trinajstić information content (AvgIpc) is 3.32. The summed E-state index contributed by atoms with van der Waals surface area (Å²) in [5, 5.41) is 4.07. The van der Waals surface area contributed by atoms with Crippen molar-refractivity contribution in [2.24, 2.45) is 11.0 Å². The van der Waals surface area contributed by atoms with E-state index < -0.39 is 0 Å². The topological polar surface area (TPSA) is 80.2 Å². The number of carbonyl (C=O) groups excluding carboxylic acids is 2. The molecule has 1 aliphatic heterocycles. The Balaban J connectivity index is 1.28. The van der Waals surface area contributed by atoms with Crippen LogP contribution < -0.4 is 19.8 Å². The van der Waals surface area contributed by atoms with Crippen molar-refractivity contribution >= 4 is 29.4 Å². The van der Waals surface area contributed by atoms with E-state index in [1.807, 2.05) is 85.8 Å². The first-order valence-electron chi connectivity index (χ1n) is 11.2. The maximum absolute atomic E-state index is 13.0. The molecule has 7 nitrogen and oxygen atoms in total. The van der Waals surface area contributed by atoms with Crippen LogP contribution in [0.1, 0.15) is 25.3 Å². The molecule has 0 saturated carbocycles. The fraction of sp³-hybridized carbons (Fsp3) is 0.222. The Kier molecular flexibility index (Phi) is 7.55. The predicted molar refractivity (Wildman–Crippen MR) is 131 cm³/mol. The summed E-state index contributed by atoms with van der Waals surface area (Å²) in [7, 11) is 0. The average molecular weight is 458 g/mol. The largest absolute Gasteiger partial charge is 0.454 e. The fourth-order valence-corrected chi connectivity index (χ4v) is 3.71. The van der Waals surface area contributed by atoms with Crippen LogP contribution in [-0.2, 0) is 16.0 Å². The van der Waals surface area contributed by atoms with Crippen LogP contribution in [0.15, 0.2) is 84.0 Å². The maximum Gasteiger partial charge on any atom is 0.240 e. The van der Waals surface area contributed by atoms with Crippen molar-refractivity contribution in [3.05, 3.63) is 84.4 Å². The highest BCUT2D eigenvalue weighted by atomic mass is 16.7. The van der Waals surface area contributed by atoms with Crippen LogP contribution in [-0.4, -0.2) is 24.8 Å². The Morgan fingerprint density at radius 1 is 0.941 bits per heavy atom. The molecule has 2 amide bonds. The van der Waals surface area contributed by atoms with Gasteiger partial charge in [-0.25, -0.2) is 5.43 Å². The van der Waals surface area contributed by atoms with E-state index in [-0.39, 0.29) is 37.4 Å². The molecule has 3 aromatic rings. The monoisotopic (exact) mass is 457 g/mol. The van der Waals surface area contributed by atoms with Crippen LogP contribution in [0.3, 0.4) is 0 Å². The number of amides is 2. The van der Waals surface area contributed by atoms with Crippen molar-refractivity contribution in [1.82, 2.24) is 5.43 Å². The third-order valence-electron chi connectivity index (χ3n) is 5.36. The first-order valence-corrected chi connectivity index (χ1v) is 11.2. The molecule has 34 heavy (non-hydrogen) atoms. The van der Waals surface area contributed by atoms with E-state index in [0.717, 1.165) is 34.9 Å². The number of carbonyl (C=O) groups is 2. The van der Waals surface area contributed by atoms with E-state index in [2.05, 4.69) is 10.5 Å². The Morgan fingerprint density at radius 2 is 1.59 bits per heavy atom. The summed E-state index contributed by atoms with van der Waals surface area (Å²) in [6.45, 7) is 2.26. The van der Waals surface area contributed by atoms with Crippen molar-refractivity contribution in [2.75, 3.05) is 11.7 Å². The van der Waals surface area contributed by atoms with E-state index in [4.69, 9.17) is 9.47 Å². The molecule has 0 radical (unpaired) electrons. The van der Waals surface area contributed by atoms with Crippen LogP contribution in [0.4, 0.5) is 11.4 Å². The molecule has 4 rings (SSSR count). The van der Waals surface area contributed by atoms with Crippen LogP contribution >= 0.6 is 0 Å². The number of fused-ring (bicyclic) bond motifs is 1. The number of nitrogens with one attached hydrogen (secondary N) is 1. The lowest BCUT2D eigenvalue weighted by Gasteiger charge is -2.23. The lowest BCUT2D eigenvalue weighted by molar-refractivity contribution is -0.124. The van der Waals surface area contributed by atoms with Gasteiger partial charge in [-0.15, -0.1) is 0 Å². The molecule has 0 aromatic heterocycles. The molecule has 7 heteroatoms. The van der Waals surface area contributed by atoms with Crippen molar-refractivity contribution in [2.45, 2.75) is 26.2 Å². The molecule has 0 spiro atoms. The summed E-state index contributed by atoms with van der Waals surface area (Å²) in [4.78, 5) is 26.9. The molecule has 1 N–H and O–H groups in total. The second-order valence-corrected chi connectivity index (χ2v) is 8.08. The zero-order valence-electron chi connectivity index (χ0n) is 19.0. The standard InChI is InChI=1S/C27H27N3O4/c1-20(16-21-12-13-24-25(17-21)34-19-33-24)18-28-29-26(31)14-15-27(32)30(22-8-4-2-5-9-22)23-10-6-3-7-11-23/h2-13,17-18,20H,14-16,19H2,1H3,(H,29,31). The molecule has 1 aliphatic rings. The normalized spacial score (nSPS) is 13.0. The summed E-state index contributed by atoms with van der Waals surface area (Å²) in [5.41, 5.74) is 5.15. The van der Waals surface area contributed by atoms with Gasteiger partial charge in [0.1, 0.15) is 0 Å². The van der Waals surface area contributed by atoms with Gasteiger partial charge in [0, 0.05) is 30.4 Å². The number of anilines is 2. The second kappa shape index (κ2) is 11.1. The number of hydrogen-bond donors (Lipinski definition) is 1. The van der Waals surface area contributed by atoms with Gasteiger partial charge in [-0.05, 0) is 54.3 Å². The van der Waals surface area contributed by atoms with E-state index in [0.29, 0.717) is 0 Å². The minimum absolute atomic E-state index is 0.0445. The third-order valence-corrected chi connectivity index (χ3v) is 5.36. The molecule has 1 atom stereocenters. The first-order chi connectivity index (χ1) is 16.6. The van der Waals surface area contributed by atoms with Gasteiger partial charge in [0.05, 0.1) is 0 Å². The maximum atomic E-state index is 13.0. The van der Waals surface area contributed by atoms with Crippen LogP contribution in [0, 0.1) is 5.92 Å². The number of benzene rings is 3. The Bertz CT molecular complexity index is 1110. The number of para-hydroxylation sites is 2. The zero-order valence-corrected chi connectivity index (χ0v) is 19.0. The smallest absolute Gasteiger partial charge is 0.240 e. The lowest BCUT2D eigenvalue weighted by atomic mass is 10.0. The number of hydrogen-bond acceptors (Lipinski definition) is 5. The molecule has 0 aliphatic carbocycles. The molecule has 3 aromatic carbocycles.